The van der Waals surface area contributed by atoms with E-state index in [0.717, 1.165) is 52.7 Å². The van der Waals surface area contributed by atoms with Crippen LogP contribution in [-0.4, -0.2) is 32.3 Å². The number of thiol groups is 1. The van der Waals surface area contributed by atoms with Crippen molar-refractivity contribution in [3.05, 3.63) is 101 Å². The number of rotatable bonds is 12. The summed E-state index contributed by atoms with van der Waals surface area (Å²) in [6.07, 6.45) is 5.55. The van der Waals surface area contributed by atoms with Crippen LogP contribution in [0.4, 0.5) is 0 Å². The van der Waals surface area contributed by atoms with Gasteiger partial charge in [0.25, 0.3) is 0 Å². The first-order valence-electron chi connectivity index (χ1n) is 12.7. The molecule has 1 aromatic heterocycles. The third-order valence-corrected chi connectivity index (χ3v) is 7.05. The number of hydrogen-bond donors (Lipinski definition) is 3. The van der Waals surface area contributed by atoms with Gasteiger partial charge in [0, 0.05) is 24.9 Å². The van der Waals surface area contributed by atoms with Gasteiger partial charge in [0.15, 0.2) is 0 Å². The summed E-state index contributed by atoms with van der Waals surface area (Å²) in [5, 5.41) is 14.3. The highest BCUT2D eigenvalue weighted by atomic mass is 32.1. The number of nitrogens with zero attached hydrogens (tertiary/aromatic N) is 2. The van der Waals surface area contributed by atoms with E-state index in [0.29, 0.717) is 30.8 Å². The molecule has 7 heteroatoms. The number of fused-ring (bicyclic) bond motifs is 1. The van der Waals surface area contributed by atoms with Crippen LogP contribution >= 0.6 is 12.6 Å². The summed E-state index contributed by atoms with van der Waals surface area (Å²) in [6, 6.07) is 21.1. The van der Waals surface area contributed by atoms with Crippen LogP contribution in [0.2, 0.25) is 0 Å². The van der Waals surface area contributed by atoms with Crippen LogP contribution in [0.15, 0.2) is 72.9 Å². The van der Waals surface area contributed by atoms with Crippen molar-refractivity contribution in [3.8, 4) is 0 Å². The zero-order chi connectivity index (χ0) is 26.2. The minimum absolute atomic E-state index is 0.0289. The number of aromatic carboxylic acids is 1. The number of nitrogens with one attached hydrogen (secondary N) is 1. The van der Waals surface area contributed by atoms with E-state index >= 15 is 0 Å². The lowest BCUT2D eigenvalue weighted by atomic mass is 9.99. The van der Waals surface area contributed by atoms with Crippen molar-refractivity contribution in [1.82, 2.24) is 14.9 Å². The minimum atomic E-state index is -0.932. The fraction of sp³-hybridized carbons (Fsp3) is 0.300. The van der Waals surface area contributed by atoms with Gasteiger partial charge in [-0.05, 0) is 40.8 Å². The van der Waals surface area contributed by atoms with Crippen molar-refractivity contribution in [1.29, 1.82) is 0 Å². The molecular formula is C30H33N3O3S. The normalized spacial score (nSPS) is 11.9. The number of aromatic nitrogens is 2. The molecule has 0 saturated heterocycles. The lowest BCUT2D eigenvalue weighted by molar-refractivity contribution is -0.124. The van der Waals surface area contributed by atoms with Crippen molar-refractivity contribution in [2.75, 3.05) is 5.75 Å². The summed E-state index contributed by atoms with van der Waals surface area (Å²) in [5.74, 6) is 0.257. The molecular weight excluding hydrogens is 482 g/mol. The number of unbranched alkanes of at least 4 members (excludes halogenated alkanes) is 1. The highest BCUT2D eigenvalue weighted by molar-refractivity contribution is 7.80. The molecule has 4 aromatic rings. The molecule has 0 aliphatic carbocycles. The zero-order valence-corrected chi connectivity index (χ0v) is 22.0. The van der Waals surface area contributed by atoms with E-state index in [2.05, 4.69) is 29.4 Å². The summed E-state index contributed by atoms with van der Waals surface area (Å²) < 4.78 is 2.12. The van der Waals surface area contributed by atoms with Crippen LogP contribution in [0.25, 0.3) is 10.8 Å². The van der Waals surface area contributed by atoms with Gasteiger partial charge in [0.1, 0.15) is 5.82 Å². The number of carbonyl (C=O) groups is 2. The van der Waals surface area contributed by atoms with Gasteiger partial charge in [0.05, 0.1) is 23.7 Å². The van der Waals surface area contributed by atoms with Gasteiger partial charge in [-0.1, -0.05) is 74.0 Å². The fourth-order valence-electron chi connectivity index (χ4n) is 4.60. The van der Waals surface area contributed by atoms with Crippen LogP contribution in [0.3, 0.4) is 0 Å². The lowest BCUT2D eigenvalue weighted by Crippen LogP contribution is -2.32. The fourth-order valence-corrected chi connectivity index (χ4v) is 4.89. The van der Waals surface area contributed by atoms with Gasteiger partial charge in [-0.3, -0.25) is 4.79 Å². The number of carbonyl (C=O) groups excluding carboxylic acids is 1. The maximum atomic E-state index is 12.9. The predicted molar refractivity (Wildman–Crippen MR) is 150 cm³/mol. The molecule has 3 aromatic carbocycles. The first kappa shape index (κ1) is 26.5. The van der Waals surface area contributed by atoms with Gasteiger partial charge in [-0.15, -0.1) is 0 Å². The Morgan fingerprint density at radius 1 is 1.03 bits per heavy atom. The second-order valence-electron chi connectivity index (χ2n) is 9.29. The average molecular weight is 516 g/mol. The summed E-state index contributed by atoms with van der Waals surface area (Å²) >= 11 is 4.41. The van der Waals surface area contributed by atoms with Crippen LogP contribution in [-0.2, 0) is 30.7 Å². The number of aryl methyl sites for hydroxylation is 1. The molecule has 4 rings (SSSR count). The molecule has 0 saturated carbocycles. The SMILES string of the molecule is CCCCc1nc(CNC(=O)C(CS)Cc2ccccc2)cn1Cc1ccc(C(=O)O)c2ccccc12. The Bertz CT molecular complexity index is 1370. The molecule has 0 radical (unpaired) electrons. The van der Waals surface area contributed by atoms with E-state index in [1.54, 1.807) is 6.07 Å². The van der Waals surface area contributed by atoms with Crippen LogP contribution < -0.4 is 5.32 Å². The lowest BCUT2D eigenvalue weighted by Gasteiger charge is -2.14. The van der Waals surface area contributed by atoms with Crippen LogP contribution in [0, 0.1) is 5.92 Å². The first-order chi connectivity index (χ1) is 18.0. The quantitative estimate of drug-likeness (QED) is 0.217. The molecule has 0 aliphatic heterocycles. The topological polar surface area (TPSA) is 84.2 Å². The molecule has 1 unspecified atom stereocenters. The van der Waals surface area contributed by atoms with Crippen molar-refractivity contribution < 1.29 is 14.7 Å². The van der Waals surface area contributed by atoms with Crippen LogP contribution in [0.1, 0.15) is 52.8 Å². The van der Waals surface area contributed by atoms with E-state index in [1.165, 1.54) is 0 Å². The number of carboxylic acids is 1. The third kappa shape index (κ3) is 6.60. The monoisotopic (exact) mass is 515 g/mol. The molecule has 0 bridgehead atoms. The summed E-state index contributed by atoms with van der Waals surface area (Å²) in [4.78, 5) is 29.4. The summed E-state index contributed by atoms with van der Waals surface area (Å²) in [6.45, 7) is 3.08. The first-order valence-corrected chi connectivity index (χ1v) is 13.3. The van der Waals surface area contributed by atoms with Gasteiger partial charge < -0.3 is 15.0 Å². The van der Waals surface area contributed by atoms with E-state index in [4.69, 9.17) is 4.98 Å². The van der Waals surface area contributed by atoms with Gasteiger partial charge >= 0.3 is 5.97 Å². The molecule has 0 aliphatic rings. The van der Waals surface area contributed by atoms with Crippen molar-refractivity contribution in [2.45, 2.75) is 45.7 Å². The molecule has 1 heterocycles. The maximum Gasteiger partial charge on any atom is 0.336 e. The molecule has 0 spiro atoms. The van der Waals surface area contributed by atoms with Crippen molar-refractivity contribution >= 4 is 35.3 Å². The van der Waals surface area contributed by atoms with Crippen LogP contribution in [0.5, 0.6) is 0 Å². The highest BCUT2D eigenvalue weighted by Crippen LogP contribution is 2.25. The molecule has 6 nitrogen and oxygen atoms in total. The smallest absolute Gasteiger partial charge is 0.336 e. The second-order valence-corrected chi connectivity index (χ2v) is 9.66. The Kier molecular flexibility index (Phi) is 9.01. The van der Waals surface area contributed by atoms with E-state index in [9.17, 15) is 14.7 Å². The van der Waals surface area contributed by atoms with Gasteiger partial charge in [0.2, 0.25) is 5.91 Å². The Morgan fingerprint density at radius 2 is 1.76 bits per heavy atom. The maximum absolute atomic E-state index is 12.9. The predicted octanol–water partition coefficient (Wildman–Crippen LogP) is 5.53. The van der Waals surface area contributed by atoms with E-state index in [1.807, 2.05) is 66.9 Å². The number of benzene rings is 3. The average Bonchev–Trinajstić information content (AvgIpc) is 3.31. The molecule has 0 fully saturated rings. The van der Waals surface area contributed by atoms with Crippen molar-refractivity contribution in [3.63, 3.8) is 0 Å². The third-order valence-electron chi connectivity index (χ3n) is 6.61. The van der Waals surface area contributed by atoms with E-state index in [-0.39, 0.29) is 11.8 Å². The second kappa shape index (κ2) is 12.6. The number of hydrogen-bond acceptors (Lipinski definition) is 4. The number of imidazole rings is 1. The molecule has 1 amide bonds. The minimum Gasteiger partial charge on any atom is -0.478 e. The zero-order valence-electron chi connectivity index (χ0n) is 21.1. The Hall–Kier alpha value is -3.58. The van der Waals surface area contributed by atoms with Gasteiger partial charge in [-0.25, -0.2) is 9.78 Å². The summed E-state index contributed by atoms with van der Waals surface area (Å²) in [7, 11) is 0. The Labute approximate surface area is 223 Å². The Balaban J connectivity index is 1.52. The standard InChI is InChI=1S/C30H33N3O3S/c1-2-3-13-28-32-24(17-31-29(34)23(20-37)16-21-9-5-4-6-10-21)19-33(28)18-22-14-15-27(30(35)36)26-12-8-7-11-25(22)26/h4-12,14-15,19,23,37H,2-3,13,16-18,20H2,1H3,(H,31,34)(H,35,36). The van der Waals surface area contributed by atoms with Crippen molar-refractivity contribution in [2.24, 2.45) is 5.92 Å². The molecule has 2 N–H and O–H groups in total. The van der Waals surface area contributed by atoms with E-state index < -0.39 is 5.97 Å². The Morgan fingerprint density at radius 3 is 2.46 bits per heavy atom. The molecule has 192 valence electrons. The number of carboxylic acid groups (broad SMARTS) is 1. The van der Waals surface area contributed by atoms with Gasteiger partial charge in [-0.2, -0.15) is 12.6 Å². The molecule has 37 heavy (non-hydrogen) atoms. The highest BCUT2D eigenvalue weighted by Gasteiger charge is 2.18. The number of amides is 1. The largest absolute Gasteiger partial charge is 0.478 e. The molecule has 1 atom stereocenters. The summed E-state index contributed by atoms with van der Waals surface area (Å²) in [5.41, 5.74) is 3.26.